The number of benzene rings is 1. The SMILES string of the molecule is Cl.NCCCCNS(=O)(=O)c1ccc(F)c(C(F)(F)F)c1. The van der Waals surface area contributed by atoms with Gasteiger partial charge in [-0.3, -0.25) is 0 Å². The highest BCUT2D eigenvalue weighted by Crippen LogP contribution is 2.32. The number of nitrogens with one attached hydrogen (secondary N) is 1. The Hall–Kier alpha value is -0.900. The standard InChI is InChI=1S/C11H14F4N2O2S.ClH/c12-10-4-3-8(7-9(10)11(13,14)15)20(18,19)17-6-2-1-5-16;/h3-4,7,17H,1-2,5-6,16H2;1H. The highest BCUT2D eigenvalue weighted by atomic mass is 35.5. The number of nitrogens with two attached hydrogens (primary N) is 1. The van der Waals surface area contributed by atoms with Crippen LogP contribution < -0.4 is 10.5 Å². The molecule has 122 valence electrons. The average molecular weight is 351 g/mol. The second-order valence-electron chi connectivity index (χ2n) is 4.03. The summed E-state index contributed by atoms with van der Waals surface area (Å²) in [5.74, 6) is -1.51. The molecule has 0 unspecified atom stereocenters. The van der Waals surface area contributed by atoms with Crippen LogP contribution in [-0.4, -0.2) is 21.5 Å². The summed E-state index contributed by atoms with van der Waals surface area (Å²) < 4.78 is 76.2. The summed E-state index contributed by atoms with van der Waals surface area (Å²) in [6, 6.07) is 1.55. The zero-order valence-electron chi connectivity index (χ0n) is 10.8. The summed E-state index contributed by atoms with van der Waals surface area (Å²) in [4.78, 5) is -0.626. The first-order valence-electron chi connectivity index (χ1n) is 5.75. The molecule has 4 nitrogen and oxygen atoms in total. The van der Waals surface area contributed by atoms with Crippen LogP contribution in [0.15, 0.2) is 23.1 Å². The molecule has 3 N–H and O–H groups in total. The number of rotatable bonds is 6. The van der Waals surface area contributed by atoms with E-state index in [-0.39, 0.29) is 25.0 Å². The molecule has 10 heteroatoms. The number of hydrogen-bond acceptors (Lipinski definition) is 3. The summed E-state index contributed by atoms with van der Waals surface area (Å²) in [6.45, 7) is 0.439. The van der Waals surface area contributed by atoms with E-state index < -0.39 is 32.5 Å². The molecule has 0 fully saturated rings. The molecule has 0 atom stereocenters. The molecule has 0 heterocycles. The third kappa shape index (κ3) is 5.77. The largest absolute Gasteiger partial charge is 0.419 e. The van der Waals surface area contributed by atoms with Crippen molar-refractivity contribution in [2.75, 3.05) is 13.1 Å². The molecule has 0 bridgehead atoms. The van der Waals surface area contributed by atoms with Crippen molar-refractivity contribution in [2.45, 2.75) is 23.9 Å². The molecule has 0 aliphatic heterocycles. The maximum Gasteiger partial charge on any atom is 0.419 e. The third-order valence-corrected chi connectivity index (χ3v) is 3.94. The van der Waals surface area contributed by atoms with E-state index in [1.165, 1.54) is 0 Å². The lowest BCUT2D eigenvalue weighted by Crippen LogP contribution is -2.25. The van der Waals surface area contributed by atoms with E-state index in [4.69, 9.17) is 5.73 Å². The number of unbranched alkanes of at least 4 members (excludes halogenated alkanes) is 1. The van der Waals surface area contributed by atoms with Crippen LogP contribution in [0.25, 0.3) is 0 Å². The molecule has 0 amide bonds. The normalized spacial score (nSPS) is 12.0. The van der Waals surface area contributed by atoms with Crippen molar-refractivity contribution in [1.82, 2.24) is 4.72 Å². The molecular weight excluding hydrogens is 336 g/mol. The molecule has 0 saturated carbocycles. The van der Waals surface area contributed by atoms with Gasteiger partial charge in [-0.25, -0.2) is 17.5 Å². The lowest BCUT2D eigenvalue weighted by atomic mass is 10.2. The van der Waals surface area contributed by atoms with E-state index in [2.05, 4.69) is 4.72 Å². The Morgan fingerprint density at radius 2 is 1.81 bits per heavy atom. The van der Waals surface area contributed by atoms with Gasteiger partial charge < -0.3 is 5.73 Å². The lowest BCUT2D eigenvalue weighted by molar-refractivity contribution is -0.140. The summed E-state index contributed by atoms with van der Waals surface area (Å²) in [6.07, 6.45) is -3.90. The fourth-order valence-corrected chi connectivity index (χ4v) is 2.55. The van der Waals surface area contributed by atoms with E-state index in [0.717, 1.165) is 6.07 Å². The summed E-state index contributed by atoms with van der Waals surface area (Å²) in [7, 11) is -4.10. The Morgan fingerprint density at radius 1 is 1.19 bits per heavy atom. The van der Waals surface area contributed by atoms with Gasteiger partial charge in [-0.05, 0) is 37.6 Å². The molecule has 1 aromatic rings. The number of hydrogen-bond donors (Lipinski definition) is 2. The maximum atomic E-state index is 13.1. The molecule has 0 aliphatic rings. The Morgan fingerprint density at radius 3 is 2.33 bits per heavy atom. The monoisotopic (exact) mass is 350 g/mol. The van der Waals surface area contributed by atoms with Gasteiger partial charge >= 0.3 is 6.18 Å². The Kier molecular flexibility index (Phi) is 7.58. The van der Waals surface area contributed by atoms with E-state index in [0.29, 0.717) is 25.5 Å². The van der Waals surface area contributed by atoms with Crippen LogP contribution in [0, 0.1) is 5.82 Å². The predicted octanol–water partition coefficient (Wildman–Crippen LogP) is 2.28. The van der Waals surface area contributed by atoms with Crippen molar-refractivity contribution in [3.63, 3.8) is 0 Å². The minimum Gasteiger partial charge on any atom is -0.330 e. The van der Waals surface area contributed by atoms with Crippen LogP contribution >= 0.6 is 12.4 Å². The van der Waals surface area contributed by atoms with Crippen LogP contribution in [0.4, 0.5) is 17.6 Å². The fraction of sp³-hybridized carbons (Fsp3) is 0.455. The third-order valence-electron chi connectivity index (χ3n) is 2.48. The summed E-state index contributed by atoms with van der Waals surface area (Å²) >= 11 is 0. The minimum absolute atomic E-state index is 0. The van der Waals surface area contributed by atoms with Gasteiger partial charge in [0.15, 0.2) is 0 Å². The molecule has 0 spiro atoms. The number of sulfonamides is 1. The van der Waals surface area contributed by atoms with Gasteiger partial charge in [0.1, 0.15) is 5.82 Å². The van der Waals surface area contributed by atoms with E-state index in [9.17, 15) is 26.0 Å². The minimum atomic E-state index is -4.95. The zero-order chi connectivity index (χ0) is 15.4. The van der Waals surface area contributed by atoms with Crippen molar-refractivity contribution in [2.24, 2.45) is 5.73 Å². The lowest BCUT2D eigenvalue weighted by Gasteiger charge is -2.11. The van der Waals surface area contributed by atoms with E-state index in [1.54, 1.807) is 0 Å². The van der Waals surface area contributed by atoms with Gasteiger partial charge in [0, 0.05) is 6.54 Å². The molecule has 1 aromatic carbocycles. The maximum absolute atomic E-state index is 13.1. The van der Waals surface area contributed by atoms with Gasteiger partial charge in [-0.2, -0.15) is 13.2 Å². The average Bonchev–Trinajstić information content (AvgIpc) is 2.33. The van der Waals surface area contributed by atoms with Crippen molar-refractivity contribution in [1.29, 1.82) is 0 Å². The zero-order valence-corrected chi connectivity index (χ0v) is 12.4. The topological polar surface area (TPSA) is 72.2 Å². The molecule has 0 radical (unpaired) electrons. The Balaban J connectivity index is 0.00000400. The molecule has 21 heavy (non-hydrogen) atoms. The summed E-state index contributed by atoms with van der Waals surface area (Å²) in [5.41, 5.74) is 3.62. The van der Waals surface area contributed by atoms with E-state index in [1.807, 2.05) is 0 Å². The van der Waals surface area contributed by atoms with Crippen LogP contribution in [0.1, 0.15) is 18.4 Å². The van der Waals surface area contributed by atoms with Crippen molar-refractivity contribution in [3.8, 4) is 0 Å². The number of alkyl halides is 3. The first-order valence-corrected chi connectivity index (χ1v) is 7.23. The molecule has 0 aliphatic carbocycles. The van der Waals surface area contributed by atoms with Crippen LogP contribution in [-0.2, 0) is 16.2 Å². The Bertz CT molecular complexity index is 564. The van der Waals surface area contributed by atoms with Crippen molar-refractivity contribution >= 4 is 22.4 Å². The van der Waals surface area contributed by atoms with Crippen molar-refractivity contribution < 1.29 is 26.0 Å². The van der Waals surface area contributed by atoms with Gasteiger partial charge in [0.2, 0.25) is 10.0 Å². The highest BCUT2D eigenvalue weighted by Gasteiger charge is 2.35. The molecule has 0 aromatic heterocycles. The van der Waals surface area contributed by atoms with Crippen LogP contribution in [0.2, 0.25) is 0 Å². The highest BCUT2D eigenvalue weighted by molar-refractivity contribution is 7.89. The van der Waals surface area contributed by atoms with Crippen LogP contribution in [0.5, 0.6) is 0 Å². The molecular formula is C11H15ClF4N2O2S. The van der Waals surface area contributed by atoms with Crippen molar-refractivity contribution in [3.05, 3.63) is 29.6 Å². The first-order chi connectivity index (χ1) is 9.18. The molecule has 1 rings (SSSR count). The van der Waals surface area contributed by atoms with Gasteiger partial charge in [0.05, 0.1) is 10.5 Å². The first kappa shape index (κ1) is 20.1. The Labute approximate surface area is 126 Å². The second kappa shape index (κ2) is 7.92. The second-order valence-corrected chi connectivity index (χ2v) is 5.80. The van der Waals surface area contributed by atoms with Gasteiger partial charge in [-0.15, -0.1) is 12.4 Å². The van der Waals surface area contributed by atoms with Gasteiger partial charge in [0.25, 0.3) is 0 Å². The van der Waals surface area contributed by atoms with E-state index >= 15 is 0 Å². The van der Waals surface area contributed by atoms with Gasteiger partial charge in [-0.1, -0.05) is 0 Å². The fourth-order valence-electron chi connectivity index (χ4n) is 1.45. The number of halogens is 5. The summed E-state index contributed by atoms with van der Waals surface area (Å²) in [5, 5.41) is 0. The smallest absolute Gasteiger partial charge is 0.330 e. The van der Waals surface area contributed by atoms with Crippen LogP contribution in [0.3, 0.4) is 0 Å². The quantitative estimate of drug-likeness (QED) is 0.610. The predicted molar refractivity (Wildman–Crippen MR) is 72.1 cm³/mol. The molecule has 0 saturated heterocycles.